The summed E-state index contributed by atoms with van der Waals surface area (Å²) < 4.78 is 0. The molecule has 0 spiro atoms. The highest BCUT2D eigenvalue weighted by molar-refractivity contribution is 7.10. The lowest BCUT2D eigenvalue weighted by Gasteiger charge is -2.24. The van der Waals surface area contributed by atoms with Gasteiger partial charge in [-0.25, -0.2) is 0 Å². The molecule has 1 unspecified atom stereocenters. The van der Waals surface area contributed by atoms with Crippen molar-refractivity contribution in [2.75, 3.05) is 6.54 Å². The Morgan fingerprint density at radius 2 is 1.96 bits per heavy atom. The van der Waals surface area contributed by atoms with Crippen molar-refractivity contribution in [1.29, 1.82) is 0 Å². The van der Waals surface area contributed by atoms with Gasteiger partial charge < -0.3 is 10.0 Å². The van der Waals surface area contributed by atoms with Crippen LogP contribution < -0.4 is 0 Å². The monoisotopic (exact) mass is 395 g/mol. The van der Waals surface area contributed by atoms with Crippen LogP contribution >= 0.6 is 11.3 Å². The number of thiophene rings is 1. The van der Waals surface area contributed by atoms with Crippen LogP contribution in [-0.2, 0) is 22.4 Å². The molecule has 1 amide bonds. The molecule has 5 heteroatoms. The van der Waals surface area contributed by atoms with Crippen molar-refractivity contribution < 1.29 is 14.7 Å². The normalized spacial score (nSPS) is 21.2. The number of unbranched alkanes of at least 4 members (excludes halogenated alkanes) is 1. The summed E-state index contributed by atoms with van der Waals surface area (Å²) in [6.07, 6.45) is 6.16. The third kappa shape index (κ3) is 3.28. The average Bonchev–Trinajstić information content (AvgIpc) is 3.33. The number of hydrogen-bond acceptors (Lipinski definition) is 4. The van der Waals surface area contributed by atoms with Crippen molar-refractivity contribution >= 4 is 28.8 Å². The highest BCUT2D eigenvalue weighted by Gasteiger charge is 2.46. The molecular formula is C23H25NO3S. The van der Waals surface area contributed by atoms with Crippen LogP contribution in [0.1, 0.15) is 60.2 Å². The van der Waals surface area contributed by atoms with E-state index in [0.717, 1.165) is 37.0 Å². The van der Waals surface area contributed by atoms with Crippen molar-refractivity contribution in [2.24, 2.45) is 0 Å². The van der Waals surface area contributed by atoms with Gasteiger partial charge in [-0.1, -0.05) is 31.5 Å². The predicted molar refractivity (Wildman–Crippen MR) is 111 cm³/mol. The van der Waals surface area contributed by atoms with Crippen LogP contribution in [0.2, 0.25) is 0 Å². The molecule has 28 heavy (non-hydrogen) atoms. The number of ketones is 1. The fraction of sp³-hybridized carbons (Fsp3) is 0.391. The molecule has 1 fully saturated rings. The first-order valence-electron chi connectivity index (χ1n) is 10.1. The number of fused-ring (bicyclic) bond motifs is 1. The number of aliphatic hydroxyl groups is 1. The smallest absolute Gasteiger partial charge is 0.295 e. The lowest BCUT2D eigenvalue weighted by atomic mass is 9.89. The van der Waals surface area contributed by atoms with Gasteiger partial charge in [0.2, 0.25) is 0 Å². The number of aliphatic hydroxyl groups excluding tert-OH is 1. The molecule has 1 N–H and O–H groups in total. The zero-order chi connectivity index (χ0) is 19.7. The summed E-state index contributed by atoms with van der Waals surface area (Å²) in [5, 5.41) is 13.0. The molecule has 1 aromatic heterocycles. The number of carbonyl (C=O) groups excluding carboxylic acids is 2. The minimum absolute atomic E-state index is 0.0517. The van der Waals surface area contributed by atoms with E-state index in [1.54, 1.807) is 4.90 Å². The number of rotatable bonds is 5. The fourth-order valence-electron chi connectivity index (χ4n) is 4.22. The molecular weight excluding hydrogens is 370 g/mol. The van der Waals surface area contributed by atoms with E-state index in [2.05, 4.69) is 13.0 Å². The first kappa shape index (κ1) is 18.9. The second-order valence-corrected chi connectivity index (χ2v) is 8.53. The minimum Gasteiger partial charge on any atom is -0.507 e. The van der Waals surface area contributed by atoms with E-state index in [-0.39, 0.29) is 11.3 Å². The molecule has 1 saturated heterocycles. The molecule has 2 aliphatic rings. The Balaban J connectivity index is 1.80. The Bertz CT molecular complexity index is 929. The third-order valence-electron chi connectivity index (χ3n) is 5.73. The third-order valence-corrected chi connectivity index (χ3v) is 6.65. The minimum atomic E-state index is -0.579. The molecule has 4 rings (SSSR count). The maximum Gasteiger partial charge on any atom is 0.295 e. The first-order valence-corrected chi connectivity index (χ1v) is 10.9. The van der Waals surface area contributed by atoms with E-state index >= 15 is 0 Å². The Morgan fingerprint density at radius 3 is 2.68 bits per heavy atom. The predicted octanol–water partition coefficient (Wildman–Crippen LogP) is 4.85. The van der Waals surface area contributed by atoms with Crippen molar-refractivity contribution in [3.63, 3.8) is 0 Å². The fourth-order valence-corrected chi connectivity index (χ4v) is 5.06. The second-order valence-electron chi connectivity index (χ2n) is 7.55. The Morgan fingerprint density at radius 1 is 1.18 bits per heavy atom. The van der Waals surface area contributed by atoms with Gasteiger partial charge in [0.05, 0.1) is 11.6 Å². The number of benzene rings is 1. The second kappa shape index (κ2) is 7.92. The van der Waals surface area contributed by atoms with Crippen LogP contribution in [0.25, 0.3) is 5.76 Å². The zero-order valence-electron chi connectivity index (χ0n) is 16.1. The SMILES string of the molecule is CCCCN1C(=O)C(=O)/C(=C(\O)c2ccc3c(c2)CCCC3)C1c1cccs1. The standard InChI is InChI=1S/C23H25NO3S/c1-2-3-12-24-20(18-9-6-13-28-18)19(22(26)23(24)27)21(25)17-11-10-15-7-4-5-8-16(15)14-17/h6,9-11,13-14,20,25H,2-5,7-8,12H2,1H3/b21-19-. The average molecular weight is 396 g/mol. The number of likely N-dealkylation sites (tertiary alicyclic amines) is 1. The van der Waals surface area contributed by atoms with Crippen molar-refractivity contribution in [2.45, 2.75) is 51.5 Å². The molecule has 0 saturated carbocycles. The molecule has 0 radical (unpaired) electrons. The number of carbonyl (C=O) groups is 2. The van der Waals surface area contributed by atoms with Gasteiger partial charge in [-0.15, -0.1) is 11.3 Å². The molecule has 2 heterocycles. The van der Waals surface area contributed by atoms with Gasteiger partial charge in [0, 0.05) is 17.0 Å². The van der Waals surface area contributed by atoms with E-state index in [4.69, 9.17) is 0 Å². The molecule has 4 nitrogen and oxygen atoms in total. The molecule has 1 aliphatic carbocycles. The zero-order valence-corrected chi connectivity index (χ0v) is 16.9. The van der Waals surface area contributed by atoms with Gasteiger partial charge in [-0.05, 0) is 60.7 Å². The summed E-state index contributed by atoms with van der Waals surface area (Å²) >= 11 is 1.51. The molecule has 146 valence electrons. The summed E-state index contributed by atoms with van der Waals surface area (Å²) in [6, 6.07) is 9.28. The van der Waals surface area contributed by atoms with Gasteiger partial charge in [0.25, 0.3) is 11.7 Å². The number of nitrogens with zero attached hydrogens (tertiary/aromatic N) is 1. The van der Waals surface area contributed by atoms with Gasteiger partial charge in [0.1, 0.15) is 5.76 Å². The molecule has 1 aliphatic heterocycles. The summed E-state index contributed by atoms with van der Waals surface area (Å²) in [6.45, 7) is 2.58. The van der Waals surface area contributed by atoms with Crippen LogP contribution in [0.5, 0.6) is 0 Å². The highest BCUT2D eigenvalue weighted by atomic mass is 32.1. The van der Waals surface area contributed by atoms with Crippen LogP contribution in [-0.4, -0.2) is 28.2 Å². The van der Waals surface area contributed by atoms with E-state index < -0.39 is 17.7 Å². The lowest BCUT2D eigenvalue weighted by molar-refractivity contribution is -0.139. The maximum absolute atomic E-state index is 12.9. The summed E-state index contributed by atoms with van der Waals surface area (Å²) in [7, 11) is 0. The topological polar surface area (TPSA) is 57.6 Å². The van der Waals surface area contributed by atoms with Crippen LogP contribution in [0.3, 0.4) is 0 Å². The molecule has 1 aromatic carbocycles. The molecule has 2 aromatic rings. The molecule has 0 bridgehead atoms. The quantitative estimate of drug-likeness (QED) is 0.447. The highest BCUT2D eigenvalue weighted by Crippen LogP contribution is 2.41. The van der Waals surface area contributed by atoms with Gasteiger partial charge in [-0.2, -0.15) is 0 Å². The van der Waals surface area contributed by atoms with Gasteiger partial charge in [0.15, 0.2) is 0 Å². The number of Topliss-reactive ketones (excluding diaryl/α,β-unsaturated/α-hetero) is 1. The van der Waals surface area contributed by atoms with Crippen molar-refractivity contribution in [3.8, 4) is 0 Å². The van der Waals surface area contributed by atoms with Crippen molar-refractivity contribution in [3.05, 3.63) is 62.9 Å². The van der Waals surface area contributed by atoms with Crippen LogP contribution in [0.15, 0.2) is 41.3 Å². The van der Waals surface area contributed by atoms with Crippen LogP contribution in [0, 0.1) is 0 Å². The van der Waals surface area contributed by atoms with Gasteiger partial charge in [-0.3, -0.25) is 9.59 Å². The number of amides is 1. The maximum atomic E-state index is 12.9. The summed E-state index contributed by atoms with van der Waals surface area (Å²) in [4.78, 5) is 28.2. The Hall–Kier alpha value is -2.40. The largest absolute Gasteiger partial charge is 0.507 e. The number of aryl methyl sites for hydroxylation is 2. The summed E-state index contributed by atoms with van der Waals surface area (Å²) in [5.41, 5.74) is 3.42. The van der Waals surface area contributed by atoms with Crippen LogP contribution in [0.4, 0.5) is 0 Å². The lowest BCUT2D eigenvalue weighted by Crippen LogP contribution is -2.30. The first-order chi connectivity index (χ1) is 13.6. The van der Waals surface area contributed by atoms with E-state index in [0.29, 0.717) is 12.1 Å². The Kier molecular flexibility index (Phi) is 5.36. The van der Waals surface area contributed by atoms with E-state index in [1.807, 2.05) is 29.6 Å². The van der Waals surface area contributed by atoms with E-state index in [9.17, 15) is 14.7 Å². The number of hydrogen-bond donors (Lipinski definition) is 1. The van der Waals surface area contributed by atoms with Gasteiger partial charge >= 0.3 is 0 Å². The molecule has 1 atom stereocenters. The Labute approximate surface area is 169 Å². The summed E-state index contributed by atoms with van der Waals surface area (Å²) in [5.74, 6) is -1.14. The van der Waals surface area contributed by atoms with E-state index in [1.165, 1.54) is 28.9 Å². The van der Waals surface area contributed by atoms with Crippen molar-refractivity contribution in [1.82, 2.24) is 4.90 Å².